The van der Waals surface area contributed by atoms with Crippen LogP contribution in [0.25, 0.3) is 0 Å². The number of hydrogen-bond donors (Lipinski definition) is 1. The standard InChI is InChI=1S/C7H10F3NO2.ClH/c1-13-5(12)6(7(8,9)10)3-2-4-11-6;/h11H,2-4H2,1H3;1H/t6-;/m1./s1. The van der Waals surface area contributed by atoms with Crippen molar-refractivity contribution in [2.75, 3.05) is 13.7 Å². The zero-order chi connectivity index (χ0) is 10.1. The quantitative estimate of drug-likeness (QED) is 0.693. The Morgan fingerprint density at radius 2 is 2.07 bits per heavy atom. The summed E-state index contributed by atoms with van der Waals surface area (Å²) in [6.07, 6.45) is -4.51. The Kier molecular flexibility index (Phi) is 4.20. The third-order valence-corrected chi connectivity index (χ3v) is 2.17. The summed E-state index contributed by atoms with van der Waals surface area (Å²) in [6.45, 7) is 0.189. The molecule has 0 aliphatic carbocycles. The van der Waals surface area contributed by atoms with Gasteiger partial charge in [-0.2, -0.15) is 13.2 Å². The van der Waals surface area contributed by atoms with Crippen LogP contribution in [0.3, 0.4) is 0 Å². The molecule has 0 unspecified atom stereocenters. The second-order valence-corrected chi connectivity index (χ2v) is 2.93. The zero-order valence-electron chi connectivity index (χ0n) is 7.48. The van der Waals surface area contributed by atoms with E-state index in [1.165, 1.54) is 0 Å². The van der Waals surface area contributed by atoms with E-state index in [0.29, 0.717) is 6.42 Å². The molecule has 1 aliphatic rings. The van der Waals surface area contributed by atoms with Crippen LogP contribution in [0.2, 0.25) is 0 Å². The van der Waals surface area contributed by atoms with Crippen LogP contribution in [-0.2, 0) is 9.53 Å². The third-order valence-electron chi connectivity index (χ3n) is 2.17. The summed E-state index contributed by atoms with van der Waals surface area (Å²) in [7, 11) is 0.954. The van der Waals surface area contributed by atoms with Crippen LogP contribution < -0.4 is 5.32 Å². The second-order valence-electron chi connectivity index (χ2n) is 2.93. The molecule has 0 aromatic heterocycles. The van der Waals surface area contributed by atoms with Crippen LogP contribution in [0.1, 0.15) is 12.8 Å². The lowest BCUT2D eigenvalue weighted by Crippen LogP contribution is -2.59. The van der Waals surface area contributed by atoms with Crippen molar-refractivity contribution in [2.24, 2.45) is 0 Å². The van der Waals surface area contributed by atoms with E-state index >= 15 is 0 Å². The van der Waals surface area contributed by atoms with Crippen LogP contribution in [0.15, 0.2) is 0 Å². The predicted molar refractivity (Wildman–Crippen MR) is 45.3 cm³/mol. The Hall–Kier alpha value is -0.490. The van der Waals surface area contributed by atoms with Gasteiger partial charge in [-0.1, -0.05) is 0 Å². The van der Waals surface area contributed by atoms with Crippen LogP contribution in [0, 0.1) is 0 Å². The van der Waals surface area contributed by atoms with Gasteiger partial charge in [-0.05, 0) is 19.4 Å². The maximum atomic E-state index is 12.5. The fraction of sp³-hybridized carbons (Fsp3) is 0.857. The molecule has 1 rings (SSSR count). The molecule has 1 saturated heterocycles. The molecule has 3 nitrogen and oxygen atoms in total. The van der Waals surface area contributed by atoms with E-state index in [9.17, 15) is 18.0 Å². The van der Waals surface area contributed by atoms with Gasteiger partial charge >= 0.3 is 12.1 Å². The van der Waals surface area contributed by atoms with Crippen molar-refractivity contribution >= 4 is 18.4 Å². The number of methoxy groups -OCH3 is 1. The molecule has 1 fully saturated rings. The fourth-order valence-electron chi connectivity index (χ4n) is 1.45. The number of hydrogen-bond acceptors (Lipinski definition) is 3. The Bertz CT molecular complexity index is 213. The second kappa shape index (κ2) is 4.35. The molecule has 1 heterocycles. The van der Waals surface area contributed by atoms with Crippen LogP contribution in [0.4, 0.5) is 13.2 Å². The van der Waals surface area contributed by atoms with E-state index in [2.05, 4.69) is 10.1 Å². The molecular formula is C7H11ClF3NO2. The highest BCUT2D eigenvalue weighted by Gasteiger charge is 2.62. The van der Waals surface area contributed by atoms with Crippen molar-refractivity contribution in [2.45, 2.75) is 24.6 Å². The number of alkyl halides is 3. The van der Waals surface area contributed by atoms with Crippen LogP contribution in [-0.4, -0.2) is 31.3 Å². The van der Waals surface area contributed by atoms with Gasteiger partial charge in [0.25, 0.3) is 0 Å². The topological polar surface area (TPSA) is 38.3 Å². The van der Waals surface area contributed by atoms with Gasteiger partial charge in [0.1, 0.15) is 0 Å². The van der Waals surface area contributed by atoms with E-state index in [-0.39, 0.29) is 25.4 Å². The minimum absolute atomic E-state index is 0. The average Bonchev–Trinajstić information content (AvgIpc) is 2.50. The van der Waals surface area contributed by atoms with Crippen molar-refractivity contribution in [1.29, 1.82) is 0 Å². The number of halogens is 4. The van der Waals surface area contributed by atoms with E-state index in [0.717, 1.165) is 7.11 Å². The number of carbonyl (C=O) groups is 1. The molecule has 0 bridgehead atoms. The van der Waals surface area contributed by atoms with Crippen molar-refractivity contribution in [3.05, 3.63) is 0 Å². The number of nitrogens with one attached hydrogen (secondary N) is 1. The van der Waals surface area contributed by atoms with E-state index in [1.54, 1.807) is 0 Å². The molecule has 0 amide bonds. The van der Waals surface area contributed by atoms with Crippen molar-refractivity contribution < 1.29 is 22.7 Å². The number of rotatable bonds is 1. The highest BCUT2D eigenvalue weighted by molar-refractivity contribution is 5.85. The molecule has 0 aromatic rings. The maximum Gasteiger partial charge on any atom is 0.417 e. The fourth-order valence-corrected chi connectivity index (χ4v) is 1.45. The lowest BCUT2D eigenvalue weighted by molar-refractivity contribution is -0.208. The van der Waals surface area contributed by atoms with Crippen LogP contribution in [0.5, 0.6) is 0 Å². The minimum atomic E-state index is -4.59. The zero-order valence-corrected chi connectivity index (χ0v) is 8.30. The maximum absolute atomic E-state index is 12.5. The largest absolute Gasteiger partial charge is 0.467 e. The summed E-state index contributed by atoms with van der Waals surface area (Å²) < 4.78 is 41.6. The molecule has 0 spiro atoms. The first-order valence-electron chi connectivity index (χ1n) is 3.84. The predicted octanol–water partition coefficient (Wildman–Crippen LogP) is 1.27. The monoisotopic (exact) mass is 233 g/mol. The number of ether oxygens (including phenoxy) is 1. The van der Waals surface area contributed by atoms with Gasteiger partial charge in [0.15, 0.2) is 0 Å². The average molecular weight is 234 g/mol. The molecule has 7 heteroatoms. The van der Waals surface area contributed by atoms with Crippen molar-refractivity contribution in [3.63, 3.8) is 0 Å². The van der Waals surface area contributed by atoms with Crippen molar-refractivity contribution in [3.8, 4) is 0 Å². The molecule has 14 heavy (non-hydrogen) atoms. The Morgan fingerprint density at radius 1 is 1.50 bits per heavy atom. The summed E-state index contributed by atoms with van der Waals surface area (Å²) in [5.41, 5.74) is -2.47. The number of esters is 1. The molecule has 0 aromatic carbocycles. The molecule has 84 valence electrons. The van der Waals surface area contributed by atoms with Crippen LogP contribution >= 0.6 is 12.4 Å². The summed E-state index contributed by atoms with van der Waals surface area (Å²) in [5, 5.41) is 2.16. The van der Waals surface area contributed by atoms with Gasteiger partial charge in [-0.25, -0.2) is 4.79 Å². The first kappa shape index (κ1) is 13.5. The minimum Gasteiger partial charge on any atom is -0.467 e. The molecule has 0 radical (unpaired) electrons. The summed E-state index contributed by atoms with van der Waals surface area (Å²) in [5.74, 6) is -1.25. The molecular weight excluding hydrogens is 223 g/mol. The van der Waals surface area contributed by atoms with Gasteiger partial charge < -0.3 is 4.74 Å². The van der Waals surface area contributed by atoms with Gasteiger partial charge in [0, 0.05) is 0 Å². The van der Waals surface area contributed by atoms with Gasteiger partial charge in [-0.3, -0.25) is 5.32 Å². The lowest BCUT2D eigenvalue weighted by Gasteiger charge is -2.28. The molecule has 1 N–H and O–H groups in total. The van der Waals surface area contributed by atoms with Gasteiger partial charge in [0.2, 0.25) is 5.54 Å². The number of carbonyl (C=O) groups excluding carboxylic acids is 1. The van der Waals surface area contributed by atoms with E-state index in [4.69, 9.17) is 0 Å². The highest BCUT2D eigenvalue weighted by atomic mass is 35.5. The Balaban J connectivity index is 0.00000169. The smallest absolute Gasteiger partial charge is 0.417 e. The normalized spacial score (nSPS) is 26.9. The summed E-state index contributed by atoms with van der Waals surface area (Å²) in [6, 6.07) is 0. The highest BCUT2D eigenvalue weighted by Crippen LogP contribution is 2.37. The summed E-state index contributed by atoms with van der Waals surface area (Å²) in [4.78, 5) is 11.0. The third kappa shape index (κ3) is 1.95. The molecule has 1 atom stereocenters. The Morgan fingerprint density at radius 3 is 2.36 bits per heavy atom. The van der Waals surface area contributed by atoms with Gasteiger partial charge in [0.05, 0.1) is 7.11 Å². The lowest BCUT2D eigenvalue weighted by atomic mass is 9.97. The first-order chi connectivity index (χ1) is 5.94. The molecule has 0 saturated carbocycles. The Labute approximate surface area is 85.4 Å². The van der Waals surface area contributed by atoms with Gasteiger partial charge in [-0.15, -0.1) is 12.4 Å². The first-order valence-corrected chi connectivity index (χ1v) is 3.84. The molecule has 1 aliphatic heterocycles. The van der Waals surface area contributed by atoms with Crippen molar-refractivity contribution in [1.82, 2.24) is 5.32 Å². The van der Waals surface area contributed by atoms with E-state index < -0.39 is 17.7 Å². The summed E-state index contributed by atoms with van der Waals surface area (Å²) >= 11 is 0. The SMILES string of the molecule is COC(=O)[C@@]1(C(F)(F)F)CCCN1.Cl. The van der Waals surface area contributed by atoms with E-state index in [1.807, 2.05) is 0 Å².